The Hall–Kier alpha value is -1.63. The van der Waals surface area contributed by atoms with Gasteiger partial charge in [-0.3, -0.25) is 19.3 Å². The SMILES string of the molecule is CC(=O)[15NH]CCCCC(C(=O)N[13CH3])N(C)C.[13CH3][13C](=O)O. The Labute approximate surface area is 120 Å². The number of aliphatic carboxylic acids is 1. The van der Waals surface area contributed by atoms with Crippen molar-refractivity contribution in [2.75, 3.05) is 27.7 Å². The third-order valence-corrected chi connectivity index (χ3v) is 2.45. The molecule has 0 aromatic carbocycles. The molecule has 0 aliphatic heterocycles. The Morgan fingerprint density at radius 2 is 1.65 bits per heavy atom. The van der Waals surface area contributed by atoms with Gasteiger partial charge in [-0.05, 0) is 33.4 Å². The molecular formula is C13H27N3O4. The van der Waals surface area contributed by atoms with Crippen LogP contribution in [0.3, 0.4) is 0 Å². The van der Waals surface area contributed by atoms with Crippen molar-refractivity contribution in [2.45, 2.75) is 39.2 Å². The summed E-state index contributed by atoms with van der Waals surface area (Å²) in [5.41, 5.74) is 0. The fourth-order valence-corrected chi connectivity index (χ4v) is 1.52. The van der Waals surface area contributed by atoms with E-state index in [0.29, 0.717) is 6.54 Å². The van der Waals surface area contributed by atoms with Gasteiger partial charge >= 0.3 is 0 Å². The predicted molar refractivity (Wildman–Crippen MR) is 77.4 cm³/mol. The van der Waals surface area contributed by atoms with Crippen molar-refractivity contribution >= 4 is 17.8 Å². The summed E-state index contributed by atoms with van der Waals surface area (Å²) in [6, 6.07) is -0.0812. The minimum Gasteiger partial charge on any atom is -0.481 e. The molecule has 1 atom stereocenters. The Morgan fingerprint density at radius 3 is 2.00 bits per heavy atom. The van der Waals surface area contributed by atoms with Crippen LogP contribution in [0.25, 0.3) is 0 Å². The van der Waals surface area contributed by atoms with Crippen molar-refractivity contribution in [1.82, 2.24) is 15.5 Å². The van der Waals surface area contributed by atoms with E-state index in [0.717, 1.165) is 26.2 Å². The minimum absolute atomic E-state index is 0.00420. The first-order valence-electron chi connectivity index (χ1n) is 6.54. The van der Waals surface area contributed by atoms with E-state index < -0.39 is 5.97 Å². The Kier molecular flexibility index (Phi) is 12.8. The minimum atomic E-state index is -0.833. The smallest absolute Gasteiger partial charge is 0.300 e. The lowest BCUT2D eigenvalue weighted by atomic mass is 10.1. The zero-order valence-electron chi connectivity index (χ0n) is 13.0. The molecule has 2 amide bonds. The Morgan fingerprint density at radius 1 is 1.15 bits per heavy atom. The quantitative estimate of drug-likeness (QED) is 0.350. The Bertz CT molecular complexity index is 302. The fraction of sp³-hybridized carbons (Fsp3) is 0.769. The van der Waals surface area contributed by atoms with Gasteiger partial charge in [0, 0.05) is 27.4 Å². The summed E-state index contributed by atoms with van der Waals surface area (Å²) in [6.45, 7) is 3.27. The molecule has 0 aliphatic rings. The molecule has 0 bridgehead atoms. The van der Waals surface area contributed by atoms with E-state index in [-0.39, 0.29) is 17.9 Å². The standard InChI is InChI=1S/C11H23N3O2.C2H4O2/c1-9(15)13-8-6-5-7-10(14(3)4)11(16)12-2;1-2(3)4/h10H,5-8H2,1-4H3,(H,12,16)(H,13,15);1H3,(H,3,4)/i2+1,13+1;1+1,2+1. The van der Waals surface area contributed by atoms with Crippen LogP contribution in [0, 0.1) is 0 Å². The van der Waals surface area contributed by atoms with E-state index in [1.807, 2.05) is 19.0 Å². The molecule has 0 aromatic rings. The van der Waals surface area contributed by atoms with E-state index in [4.69, 9.17) is 9.90 Å². The average Bonchev–Trinajstić information content (AvgIpc) is 2.31. The summed E-state index contributed by atoms with van der Waals surface area (Å²) >= 11 is 0. The van der Waals surface area contributed by atoms with Gasteiger partial charge in [0.05, 0.1) is 6.04 Å². The highest BCUT2D eigenvalue weighted by molar-refractivity contribution is 5.81. The van der Waals surface area contributed by atoms with E-state index in [9.17, 15) is 9.59 Å². The molecule has 0 heterocycles. The molecule has 0 radical (unpaired) electrons. The largest absolute Gasteiger partial charge is 0.481 e. The lowest BCUT2D eigenvalue weighted by Gasteiger charge is -2.22. The van der Waals surface area contributed by atoms with Crippen molar-refractivity contribution in [3.05, 3.63) is 0 Å². The number of carboxylic acid groups (broad SMARTS) is 1. The van der Waals surface area contributed by atoms with Gasteiger partial charge in [0.1, 0.15) is 0 Å². The summed E-state index contributed by atoms with van der Waals surface area (Å²) in [5.74, 6) is -0.792. The maximum Gasteiger partial charge on any atom is 0.300 e. The number of amides is 2. The van der Waals surface area contributed by atoms with Gasteiger partial charge in [-0.25, -0.2) is 0 Å². The summed E-state index contributed by atoms with van der Waals surface area (Å²) in [6.07, 6.45) is 2.64. The van der Waals surface area contributed by atoms with E-state index in [1.54, 1.807) is 7.05 Å². The second-order valence-electron chi connectivity index (χ2n) is 4.59. The second kappa shape index (κ2) is 12.4. The molecular weight excluding hydrogens is 266 g/mol. The van der Waals surface area contributed by atoms with E-state index in [2.05, 4.69) is 10.6 Å². The topological polar surface area (TPSA) is 98.7 Å². The van der Waals surface area contributed by atoms with Gasteiger partial charge in [0.2, 0.25) is 11.8 Å². The number of rotatable bonds is 7. The molecule has 0 saturated carbocycles. The molecule has 0 saturated heterocycles. The molecule has 118 valence electrons. The molecule has 20 heavy (non-hydrogen) atoms. The summed E-state index contributed by atoms with van der Waals surface area (Å²) in [4.78, 5) is 33.0. The lowest BCUT2D eigenvalue weighted by Crippen LogP contribution is -2.42. The van der Waals surface area contributed by atoms with Crippen molar-refractivity contribution in [3.63, 3.8) is 0 Å². The molecule has 1 unspecified atom stereocenters. The number of nitrogens with zero attached hydrogens (tertiary/aromatic N) is 1. The van der Waals surface area contributed by atoms with Crippen molar-refractivity contribution < 1.29 is 19.5 Å². The third kappa shape index (κ3) is 14.4. The first-order chi connectivity index (χ1) is 9.22. The van der Waals surface area contributed by atoms with Crippen LogP contribution in [0.2, 0.25) is 0 Å². The van der Waals surface area contributed by atoms with Gasteiger partial charge in [0.15, 0.2) is 0 Å². The van der Waals surface area contributed by atoms with Crippen LogP contribution in [0.4, 0.5) is 0 Å². The fourth-order valence-electron chi connectivity index (χ4n) is 1.52. The van der Waals surface area contributed by atoms with Gasteiger partial charge in [-0.15, -0.1) is 0 Å². The van der Waals surface area contributed by atoms with Crippen LogP contribution in [0.1, 0.15) is 33.1 Å². The summed E-state index contributed by atoms with van der Waals surface area (Å²) in [5, 5.41) is 12.8. The normalized spacial score (nSPS) is 11.1. The van der Waals surface area contributed by atoms with Crippen LogP contribution >= 0.6 is 0 Å². The molecule has 0 rings (SSSR count). The number of nitrogens with one attached hydrogen (secondary N) is 2. The number of carboxylic acids is 1. The number of carbonyl (C=O) groups excluding carboxylic acids is 2. The first kappa shape index (κ1) is 20.7. The summed E-state index contributed by atoms with van der Waals surface area (Å²) in [7, 11) is 5.44. The first-order valence-corrected chi connectivity index (χ1v) is 6.54. The van der Waals surface area contributed by atoms with Gasteiger partial charge in [0.25, 0.3) is 5.97 Å². The van der Waals surface area contributed by atoms with Crippen molar-refractivity contribution in [2.24, 2.45) is 0 Å². The second-order valence-corrected chi connectivity index (χ2v) is 4.59. The summed E-state index contributed by atoms with van der Waals surface area (Å²) < 4.78 is 0. The number of carbonyl (C=O) groups is 3. The predicted octanol–water partition coefficient (Wildman–Crippen LogP) is 0.0599. The number of hydrogen-bond donors (Lipinski definition) is 3. The van der Waals surface area contributed by atoms with E-state index >= 15 is 0 Å². The van der Waals surface area contributed by atoms with E-state index in [1.165, 1.54) is 6.92 Å². The van der Waals surface area contributed by atoms with Gasteiger partial charge in [-0.2, -0.15) is 0 Å². The average molecular weight is 293 g/mol. The molecule has 7 nitrogen and oxygen atoms in total. The monoisotopic (exact) mass is 293 g/mol. The highest BCUT2D eigenvalue weighted by Crippen LogP contribution is 2.05. The molecule has 0 aliphatic carbocycles. The van der Waals surface area contributed by atoms with Crippen LogP contribution in [0.15, 0.2) is 0 Å². The Balaban J connectivity index is 0. The van der Waals surface area contributed by atoms with Crippen molar-refractivity contribution in [3.8, 4) is 0 Å². The molecule has 0 spiro atoms. The maximum absolute atomic E-state index is 11.5. The van der Waals surface area contributed by atoms with Gasteiger partial charge in [-0.1, -0.05) is 0 Å². The van der Waals surface area contributed by atoms with Crippen molar-refractivity contribution in [1.29, 1.82) is 0 Å². The molecule has 0 fully saturated rings. The maximum atomic E-state index is 11.5. The highest BCUT2D eigenvalue weighted by Gasteiger charge is 2.18. The number of likely N-dealkylation sites (N-methyl/N-ethyl adjacent to an activating group) is 2. The molecule has 3 N–H and O–H groups in total. The molecule has 0 aromatic heterocycles. The van der Waals surface area contributed by atoms with Crippen LogP contribution in [-0.4, -0.2) is 61.5 Å². The van der Waals surface area contributed by atoms with Crippen LogP contribution in [0.5, 0.6) is 0 Å². The highest BCUT2D eigenvalue weighted by atomic mass is 16.5. The lowest BCUT2D eigenvalue weighted by molar-refractivity contribution is -0.134. The van der Waals surface area contributed by atoms with Crippen LogP contribution in [-0.2, 0) is 14.4 Å². The zero-order valence-corrected chi connectivity index (χ0v) is 13.0. The van der Waals surface area contributed by atoms with Gasteiger partial charge < -0.3 is 15.7 Å². The number of hydrogen-bond acceptors (Lipinski definition) is 4. The zero-order chi connectivity index (χ0) is 16.1. The van der Waals surface area contributed by atoms with Crippen LogP contribution < -0.4 is 10.6 Å². The molecule has 7 heteroatoms. The third-order valence-electron chi connectivity index (χ3n) is 2.45. The number of unbranched alkanes of at least 4 members (excludes halogenated alkanes) is 1.